The Hall–Kier alpha value is -2.70. The summed E-state index contributed by atoms with van der Waals surface area (Å²) in [6, 6.07) is 17.1. The second-order valence-corrected chi connectivity index (χ2v) is 9.84. The van der Waals surface area contributed by atoms with Crippen molar-refractivity contribution in [2.45, 2.75) is 102 Å². The number of amides is 2. The molecule has 0 saturated heterocycles. The first-order chi connectivity index (χ1) is 17.2. The van der Waals surface area contributed by atoms with Gasteiger partial charge in [0.2, 0.25) is 0 Å². The smallest absolute Gasteiger partial charge is 0.309 e. The Morgan fingerprint density at radius 1 is 0.611 bits per heavy atom. The molecule has 0 aliphatic carbocycles. The molecule has 0 spiro atoms. The van der Waals surface area contributed by atoms with E-state index in [9.17, 15) is 19.8 Å². The van der Waals surface area contributed by atoms with Crippen LogP contribution < -0.4 is 10.6 Å². The van der Waals surface area contributed by atoms with Gasteiger partial charge in [-0.1, -0.05) is 114 Å². The lowest BCUT2D eigenvalue weighted by atomic mass is 9.81. The van der Waals surface area contributed by atoms with Crippen LogP contribution in [-0.4, -0.2) is 33.2 Å². The molecule has 0 saturated carbocycles. The molecule has 4 N–H and O–H groups in total. The SMILES string of the molecule is CCCC(O)(CCC)[C@H](NC(=O)C(=O)N[C@H](c1ccccc1)C(O)(CCC)CCC)c1ccccc1. The van der Waals surface area contributed by atoms with Gasteiger partial charge < -0.3 is 20.8 Å². The molecule has 6 nitrogen and oxygen atoms in total. The molecule has 0 aliphatic rings. The van der Waals surface area contributed by atoms with Gasteiger partial charge in [0.25, 0.3) is 0 Å². The van der Waals surface area contributed by atoms with Gasteiger partial charge in [-0.25, -0.2) is 0 Å². The lowest BCUT2D eigenvalue weighted by molar-refractivity contribution is -0.143. The monoisotopic (exact) mass is 496 g/mol. The van der Waals surface area contributed by atoms with Crippen LogP contribution in [0.3, 0.4) is 0 Å². The Balaban J connectivity index is 2.37. The first kappa shape index (κ1) is 29.5. The highest BCUT2D eigenvalue weighted by Gasteiger charge is 2.41. The Kier molecular flexibility index (Phi) is 11.6. The van der Waals surface area contributed by atoms with E-state index in [0.717, 1.165) is 36.8 Å². The first-order valence-corrected chi connectivity index (χ1v) is 13.4. The summed E-state index contributed by atoms with van der Waals surface area (Å²) in [5.74, 6) is -1.66. The van der Waals surface area contributed by atoms with Crippen LogP contribution in [0.15, 0.2) is 60.7 Å². The fourth-order valence-electron chi connectivity index (χ4n) is 5.30. The highest BCUT2D eigenvalue weighted by Crippen LogP contribution is 2.36. The van der Waals surface area contributed by atoms with Gasteiger partial charge in [0.15, 0.2) is 0 Å². The summed E-state index contributed by atoms with van der Waals surface area (Å²) in [5, 5.41) is 28.9. The van der Waals surface area contributed by atoms with Crippen molar-refractivity contribution >= 4 is 11.8 Å². The predicted molar refractivity (Wildman–Crippen MR) is 144 cm³/mol. The van der Waals surface area contributed by atoms with Crippen molar-refractivity contribution in [2.75, 3.05) is 0 Å². The fourth-order valence-corrected chi connectivity index (χ4v) is 5.30. The van der Waals surface area contributed by atoms with E-state index in [2.05, 4.69) is 10.6 Å². The minimum atomic E-state index is -1.19. The molecule has 2 atom stereocenters. The average molecular weight is 497 g/mol. The van der Waals surface area contributed by atoms with Crippen LogP contribution in [0.5, 0.6) is 0 Å². The molecule has 0 unspecified atom stereocenters. The zero-order valence-electron chi connectivity index (χ0n) is 22.3. The predicted octanol–water partition coefficient (Wildman–Crippen LogP) is 5.36. The van der Waals surface area contributed by atoms with Crippen molar-refractivity contribution in [3.63, 3.8) is 0 Å². The van der Waals surface area contributed by atoms with Crippen LogP contribution in [0.2, 0.25) is 0 Å². The topological polar surface area (TPSA) is 98.7 Å². The van der Waals surface area contributed by atoms with Gasteiger partial charge in [0, 0.05) is 0 Å². The molecular formula is C30H44N2O4. The van der Waals surface area contributed by atoms with E-state index >= 15 is 0 Å². The number of benzene rings is 2. The first-order valence-electron chi connectivity index (χ1n) is 13.4. The molecule has 0 radical (unpaired) electrons. The maximum atomic E-state index is 13.3. The van der Waals surface area contributed by atoms with Crippen molar-refractivity contribution in [1.82, 2.24) is 10.6 Å². The van der Waals surface area contributed by atoms with Gasteiger partial charge in [-0.3, -0.25) is 9.59 Å². The summed E-state index contributed by atoms with van der Waals surface area (Å²) in [6.45, 7) is 7.96. The Labute approximate surface area is 216 Å². The van der Waals surface area contributed by atoms with E-state index in [1.54, 1.807) is 0 Å². The van der Waals surface area contributed by atoms with Crippen LogP contribution in [-0.2, 0) is 9.59 Å². The minimum Gasteiger partial charge on any atom is -0.387 e. The lowest BCUT2D eigenvalue weighted by Gasteiger charge is -2.38. The van der Waals surface area contributed by atoms with Crippen molar-refractivity contribution < 1.29 is 19.8 Å². The van der Waals surface area contributed by atoms with E-state index in [-0.39, 0.29) is 0 Å². The van der Waals surface area contributed by atoms with E-state index in [0.29, 0.717) is 25.7 Å². The van der Waals surface area contributed by atoms with Gasteiger partial charge in [0.1, 0.15) is 0 Å². The second-order valence-electron chi connectivity index (χ2n) is 9.84. The molecule has 36 heavy (non-hydrogen) atoms. The van der Waals surface area contributed by atoms with E-state index in [4.69, 9.17) is 0 Å². The zero-order valence-corrected chi connectivity index (χ0v) is 22.3. The Morgan fingerprint density at radius 2 is 0.889 bits per heavy atom. The van der Waals surface area contributed by atoms with Crippen molar-refractivity contribution in [1.29, 1.82) is 0 Å². The molecule has 0 heterocycles. The number of hydrogen-bond acceptors (Lipinski definition) is 4. The molecule has 2 rings (SSSR count). The summed E-state index contributed by atoms with van der Waals surface area (Å²) >= 11 is 0. The van der Waals surface area contributed by atoms with Gasteiger partial charge >= 0.3 is 11.8 Å². The standard InChI is InChI=1S/C30H44N2O4/c1-5-19-29(35,20-6-2)25(23-15-11-9-12-16-23)31-27(33)28(34)32-26(24-17-13-10-14-18-24)30(36,21-7-3)22-8-4/h9-18,25-26,35-36H,5-8,19-22H2,1-4H3,(H,31,33)(H,32,34)/t25-,26-/m1/s1. The van der Waals surface area contributed by atoms with Gasteiger partial charge in [0.05, 0.1) is 23.3 Å². The van der Waals surface area contributed by atoms with Crippen molar-refractivity contribution in [3.05, 3.63) is 71.8 Å². The van der Waals surface area contributed by atoms with E-state index in [1.165, 1.54) is 0 Å². The normalized spacial score (nSPS) is 13.6. The van der Waals surface area contributed by atoms with Crippen LogP contribution >= 0.6 is 0 Å². The number of nitrogens with one attached hydrogen (secondary N) is 2. The molecule has 2 aromatic rings. The third-order valence-electron chi connectivity index (χ3n) is 6.83. The Bertz CT molecular complexity index is 843. The molecule has 2 amide bonds. The number of carbonyl (C=O) groups is 2. The van der Waals surface area contributed by atoms with Crippen LogP contribution in [0.25, 0.3) is 0 Å². The second kappa shape index (κ2) is 14.1. The highest BCUT2D eigenvalue weighted by molar-refractivity contribution is 6.35. The quantitative estimate of drug-likeness (QED) is 0.265. The molecule has 0 aliphatic heterocycles. The summed E-state index contributed by atoms with van der Waals surface area (Å²) < 4.78 is 0. The number of carbonyl (C=O) groups excluding carboxylic acids is 2. The number of rotatable bonds is 14. The third-order valence-corrected chi connectivity index (χ3v) is 6.83. The van der Waals surface area contributed by atoms with Gasteiger partial charge in [-0.05, 0) is 36.8 Å². The molecule has 198 valence electrons. The summed E-state index contributed by atoms with van der Waals surface area (Å²) in [5.41, 5.74) is -0.887. The van der Waals surface area contributed by atoms with Crippen LogP contribution in [0.4, 0.5) is 0 Å². The average Bonchev–Trinajstić information content (AvgIpc) is 2.87. The Morgan fingerprint density at radius 3 is 1.14 bits per heavy atom. The molecular weight excluding hydrogens is 452 g/mol. The molecule has 6 heteroatoms. The van der Waals surface area contributed by atoms with E-state index < -0.39 is 35.1 Å². The lowest BCUT2D eigenvalue weighted by Crippen LogP contribution is -2.53. The minimum absolute atomic E-state index is 0.488. The molecule has 0 bridgehead atoms. The summed E-state index contributed by atoms with van der Waals surface area (Å²) in [4.78, 5) is 26.6. The number of aliphatic hydroxyl groups is 2. The number of hydrogen-bond donors (Lipinski definition) is 4. The van der Waals surface area contributed by atoms with Crippen molar-refractivity contribution in [3.8, 4) is 0 Å². The van der Waals surface area contributed by atoms with E-state index in [1.807, 2.05) is 88.4 Å². The molecule has 0 fully saturated rings. The zero-order chi connectivity index (χ0) is 26.6. The third kappa shape index (κ3) is 7.65. The highest BCUT2D eigenvalue weighted by atomic mass is 16.3. The van der Waals surface area contributed by atoms with Gasteiger partial charge in [-0.2, -0.15) is 0 Å². The maximum absolute atomic E-state index is 13.3. The fraction of sp³-hybridized carbons (Fsp3) is 0.533. The van der Waals surface area contributed by atoms with Crippen LogP contribution in [0.1, 0.15) is 102 Å². The summed E-state index contributed by atoms with van der Waals surface area (Å²) in [7, 11) is 0. The van der Waals surface area contributed by atoms with Gasteiger partial charge in [-0.15, -0.1) is 0 Å². The molecule has 2 aromatic carbocycles. The van der Waals surface area contributed by atoms with Crippen molar-refractivity contribution in [2.24, 2.45) is 0 Å². The maximum Gasteiger partial charge on any atom is 0.309 e. The molecule has 0 aromatic heterocycles. The summed E-state index contributed by atoms with van der Waals surface area (Å²) in [6.07, 6.45) is 4.89. The van der Waals surface area contributed by atoms with Crippen LogP contribution in [0, 0.1) is 0 Å². The largest absolute Gasteiger partial charge is 0.387 e.